The summed E-state index contributed by atoms with van der Waals surface area (Å²) in [7, 11) is -3.96. The van der Waals surface area contributed by atoms with Gasteiger partial charge in [-0.15, -0.1) is 5.10 Å². The highest BCUT2D eigenvalue weighted by atomic mass is 35.5. The summed E-state index contributed by atoms with van der Waals surface area (Å²) < 4.78 is 54.9. The predicted octanol–water partition coefficient (Wildman–Crippen LogP) is 4.89. The molecule has 0 saturated heterocycles. The van der Waals surface area contributed by atoms with Crippen LogP contribution in [0.1, 0.15) is 26.3 Å². The number of halogens is 2. The molecule has 32 heavy (non-hydrogen) atoms. The minimum atomic E-state index is -3.96. The number of hydrogen-bond donors (Lipinski definition) is 0. The van der Waals surface area contributed by atoms with Gasteiger partial charge in [-0.1, -0.05) is 23.7 Å². The normalized spacial score (nSPS) is 11.4. The van der Waals surface area contributed by atoms with Gasteiger partial charge in [-0.05, 0) is 45.0 Å². The lowest BCUT2D eigenvalue weighted by atomic mass is 10.2. The zero-order chi connectivity index (χ0) is 23.3. The molecule has 172 valence electrons. The van der Waals surface area contributed by atoms with Crippen LogP contribution in [0.2, 0.25) is 5.02 Å². The maximum absolute atomic E-state index is 14.0. The second kappa shape index (κ2) is 10.2. The van der Waals surface area contributed by atoms with E-state index in [0.29, 0.717) is 18.0 Å². The lowest BCUT2D eigenvalue weighted by Gasteiger charge is -2.23. The van der Waals surface area contributed by atoms with Crippen LogP contribution in [0.4, 0.5) is 10.1 Å². The Balaban J connectivity index is 1.90. The topological polar surface area (TPSA) is 73.7 Å². The average Bonchev–Trinajstić information content (AvgIpc) is 3.18. The van der Waals surface area contributed by atoms with Crippen molar-refractivity contribution >= 4 is 27.3 Å². The summed E-state index contributed by atoms with van der Waals surface area (Å²) in [6.45, 7) is 6.23. The fourth-order valence-electron chi connectivity index (χ4n) is 3.13. The number of aryl methyl sites for hydroxylation is 1. The van der Waals surface area contributed by atoms with Gasteiger partial charge < -0.3 is 9.47 Å². The van der Waals surface area contributed by atoms with E-state index in [9.17, 15) is 12.8 Å². The molecule has 0 atom stereocenters. The van der Waals surface area contributed by atoms with Crippen molar-refractivity contribution in [3.8, 4) is 11.6 Å². The molecule has 0 radical (unpaired) electrons. The van der Waals surface area contributed by atoms with Gasteiger partial charge in [-0.25, -0.2) is 12.8 Å². The SMILES string of the molecule is CCOc1nn(CC)cc1S(=O)(=O)N(CC)c1cccc(OCc2c(F)cccc2Cl)c1. The van der Waals surface area contributed by atoms with Gasteiger partial charge in [-0.3, -0.25) is 8.99 Å². The molecule has 0 aliphatic rings. The number of ether oxygens (including phenoxy) is 2. The smallest absolute Gasteiger partial charge is 0.271 e. The summed E-state index contributed by atoms with van der Waals surface area (Å²) in [5, 5.41) is 4.47. The van der Waals surface area contributed by atoms with Crippen molar-refractivity contribution in [2.75, 3.05) is 17.5 Å². The van der Waals surface area contributed by atoms with Crippen molar-refractivity contribution in [2.45, 2.75) is 38.8 Å². The summed E-state index contributed by atoms with van der Waals surface area (Å²) in [5.74, 6) is -0.0260. The first kappa shape index (κ1) is 23.9. The molecule has 0 bridgehead atoms. The fraction of sp³-hybridized carbons (Fsp3) is 0.318. The third kappa shape index (κ3) is 4.99. The van der Waals surface area contributed by atoms with Crippen molar-refractivity contribution in [1.29, 1.82) is 0 Å². The van der Waals surface area contributed by atoms with E-state index in [1.807, 2.05) is 6.92 Å². The first-order valence-electron chi connectivity index (χ1n) is 10.2. The molecule has 0 amide bonds. The molecule has 1 aromatic heterocycles. The molecule has 0 saturated carbocycles. The molecular weight excluding hydrogens is 457 g/mol. The maximum Gasteiger partial charge on any atom is 0.271 e. The van der Waals surface area contributed by atoms with Crippen LogP contribution in [0.25, 0.3) is 0 Å². The van der Waals surface area contributed by atoms with Crippen molar-refractivity contribution in [1.82, 2.24) is 9.78 Å². The third-order valence-electron chi connectivity index (χ3n) is 4.71. The van der Waals surface area contributed by atoms with Crippen LogP contribution in [0, 0.1) is 5.82 Å². The quantitative estimate of drug-likeness (QED) is 0.412. The second-order valence-electron chi connectivity index (χ2n) is 6.74. The molecule has 0 aliphatic heterocycles. The number of sulfonamides is 1. The van der Waals surface area contributed by atoms with E-state index in [1.54, 1.807) is 44.2 Å². The molecule has 0 aliphatic carbocycles. The van der Waals surface area contributed by atoms with E-state index in [-0.39, 0.29) is 41.1 Å². The Labute approximate surface area is 192 Å². The highest BCUT2D eigenvalue weighted by molar-refractivity contribution is 7.93. The molecule has 0 N–H and O–H groups in total. The van der Waals surface area contributed by atoms with Crippen LogP contribution >= 0.6 is 11.6 Å². The van der Waals surface area contributed by atoms with Crippen molar-refractivity contribution in [3.63, 3.8) is 0 Å². The van der Waals surface area contributed by atoms with Gasteiger partial charge >= 0.3 is 0 Å². The number of aromatic nitrogens is 2. The Hall–Kier alpha value is -2.78. The van der Waals surface area contributed by atoms with Gasteiger partial charge in [-0.2, -0.15) is 0 Å². The van der Waals surface area contributed by atoms with E-state index < -0.39 is 15.8 Å². The van der Waals surface area contributed by atoms with Gasteiger partial charge in [0.05, 0.1) is 17.3 Å². The number of hydrogen-bond acceptors (Lipinski definition) is 5. The van der Waals surface area contributed by atoms with Crippen molar-refractivity contribution in [3.05, 3.63) is 65.1 Å². The van der Waals surface area contributed by atoms with Crippen LogP contribution in [-0.4, -0.2) is 31.3 Å². The molecule has 7 nitrogen and oxygen atoms in total. The Morgan fingerprint density at radius 1 is 1.12 bits per heavy atom. The van der Waals surface area contributed by atoms with Gasteiger partial charge in [0.25, 0.3) is 15.9 Å². The standard InChI is InChI=1S/C22H25ClFN3O4S/c1-4-26-14-21(22(25-26)30-6-3)32(28,29)27(5-2)16-9-7-10-17(13-16)31-15-18-19(23)11-8-12-20(18)24/h7-14H,4-6,15H2,1-3H3. The van der Waals surface area contributed by atoms with Gasteiger partial charge in [0, 0.05) is 30.9 Å². The Kier molecular flexibility index (Phi) is 7.63. The summed E-state index contributed by atoms with van der Waals surface area (Å²) >= 11 is 6.05. The second-order valence-corrected chi connectivity index (χ2v) is 8.98. The minimum absolute atomic E-state index is 0.00694. The van der Waals surface area contributed by atoms with E-state index in [0.717, 1.165) is 0 Å². The van der Waals surface area contributed by atoms with Crippen LogP contribution in [0.15, 0.2) is 53.6 Å². The molecule has 10 heteroatoms. The molecule has 0 unspecified atom stereocenters. The summed E-state index contributed by atoms with van der Waals surface area (Å²) in [6.07, 6.45) is 1.46. The van der Waals surface area contributed by atoms with Gasteiger partial charge in [0.2, 0.25) is 0 Å². The van der Waals surface area contributed by atoms with Gasteiger partial charge in [0.1, 0.15) is 18.2 Å². The number of nitrogens with zero attached hydrogens (tertiary/aromatic N) is 3. The predicted molar refractivity (Wildman–Crippen MR) is 121 cm³/mol. The van der Waals surface area contributed by atoms with E-state index in [1.165, 1.54) is 27.3 Å². The zero-order valence-electron chi connectivity index (χ0n) is 18.1. The van der Waals surface area contributed by atoms with Crippen LogP contribution in [-0.2, 0) is 23.2 Å². The summed E-state index contributed by atoms with van der Waals surface area (Å²) in [4.78, 5) is -0.00694. The number of benzene rings is 2. The highest BCUT2D eigenvalue weighted by Gasteiger charge is 2.30. The zero-order valence-corrected chi connectivity index (χ0v) is 19.7. The Morgan fingerprint density at radius 3 is 2.53 bits per heavy atom. The number of anilines is 1. The highest BCUT2D eigenvalue weighted by Crippen LogP contribution is 2.31. The van der Waals surface area contributed by atoms with Crippen LogP contribution < -0.4 is 13.8 Å². The minimum Gasteiger partial charge on any atom is -0.489 e. The summed E-state index contributed by atoms with van der Waals surface area (Å²) in [6, 6.07) is 11.0. The summed E-state index contributed by atoms with van der Waals surface area (Å²) in [5.41, 5.74) is 0.629. The van der Waals surface area contributed by atoms with Crippen molar-refractivity contribution < 1.29 is 22.3 Å². The Morgan fingerprint density at radius 2 is 1.88 bits per heavy atom. The molecule has 1 heterocycles. The Bertz CT molecular complexity index is 1160. The number of rotatable bonds is 10. The molecule has 0 fully saturated rings. The molecular formula is C22H25ClFN3O4S. The third-order valence-corrected chi connectivity index (χ3v) is 6.95. The van der Waals surface area contributed by atoms with Crippen molar-refractivity contribution in [2.24, 2.45) is 0 Å². The fourth-order valence-corrected chi connectivity index (χ4v) is 4.89. The van der Waals surface area contributed by atoms with E-state index in [4.69, 9.17) is 21.1 Å². The first-order valence-corrected chi connectivity index (χ1v) is 12.0. The largest absolute Gasteiger partial charge is 0.489 e. The van der Waals surface area contributed by atoms with E-state index >= 15 is 0 Å². The van der Waals surface area contributed by atoms with Crippen LogP contribution in [0.5, 0.6) is 11.6 Å². The average molecular weight is 482 g/mol. The lowest BCUT2D eigenvalue weighted by molar-refractivity contribution is 0.300. The van der Waals surface area contributed by atoms with Gasteiger partial charge in [0.15, 0.2) is 4.90 Å². The molecule has 0 spiro atoms. The molecule has 3 rings (SSSR count). The monoisotopic (exact) mass is 481 g/mol. The van der Waals surface area contributed by atoms with Crippen LogP contribution in [0.3, 0.4) is 0 Å². The first-order chi connectivity index (χ1) is 15.3. The molecule has 2 aromatic carbocycles. The molecule has 3 aromatic rings. The lowest BCUT2D eigenvalue weighted by Crippen LogP contribution is -2.31. The maximum atomic E-state index is 14.0. The van der Waals surface area contributed by atoms with E-state index in [2.05, 4.69) is 5.10 Å².